The van der Waals surface area contributed by atoms with Crippen molar-refractivity contribution in [1.82, 2.24) is 4.90 Å². The molecule has 1 aliphatic heterocycles. The Morgan fingerprint density at radius 3 is 2.32 bits per heavy atom. The average molecular weight is 447 g/mol. The highest BCUT2D eigenvalue weighted by Gasteiger charge is 2.18. The number of likely N-dealkylation sites (tertiary alicyclic amines) is 1. The molecule has 1 aliphatic rings. The van der Waals surface area contributed by atoms with Gasteiger partial charge in [-0.25, -0.2) is 0 Å². The van der Waals surface area contributed by atoms with Crippen molar-refractivity contribution in [2.45, 2.75) is 32.8 Å². The molecule has 28 heavy (non-hydrogen) atoms. The third-order valence-corrected chi connectivity index (χ3v) is 6.14. The van der Waals surface area contributed by atoms with Gasteiger partial charge in [0.25, 0.3) is 5.91 Å². The maximum Gasteiger partial charge on any atom is 0.262 e. The fourth-order valence-electron chi connectivity index (χ4n) is 3.25. The molecule has 0 radical (unpaired) electrons. The first-order chi connectivity index (χ1) is 13.4. The van der Waals surface area contributed by atoms with E-state index in [0.29, 0.717) is 5.75 Å². The van der Waals surface area contributed by atoms with E-state index in [-0.39, 0.29) is 18.6 Å². The van der Waals surface area contributed by atoms with Crippen molar-refractivity contribution in [3.8, 4) is 11.5 Å². The van der Waals surface area contributed by atoms with E-state index in [4.69, 9.17) is 9.47 Å². The molecular weight excluding hydrogens is 420 g/mol. The summed E-state index contributed by atoms with van der Waals surface area (Å²) in [6, 6.07) is 11.3. The van der Waals surface area contributed by atoms with Gasteiger partial charge in [0.1, 0.15) is 17.6 Å². The molecule has 1 N–H and O–H groups in total. The zero-order valence-corrected chi connectivity index (χ0v) is 18.2. The highest BCUT2D eigenvalue weighted by molar-refractivity contribution is 9.10. The fraction of sp³-hybridized carbons (Fsp3) is 0.409. The maximum atomic E-state index is 12.2. The second kappa shape index (κ2) is 9.43. The Hall–Kier alpha value is -2.05. The molecule has 0 bridgehead atoms. The monoisotopic (exact) mass is 446 g/mol. The second-order valence-corrected chi connectivity index (χ2v) is 8.15. The number of nitrogens with one attached hydrogen (secondary N) is 1. The van der Waals surface area contributed by atoms with Gasteiger partial charge < -0.3 is 19.7 Å². The van der Waals surface area contributed by atoms with Gasteiger partial charge in [-0.1, -0.05) is 15.9 Å². The Morgan fingerprint density at radius 2 is 1.71 bits per heavy atom. The molecule has 6 heteroatoms. The molecule has 1 fully saturated rings. The molecule has 1 amide bonds. The van der Waals surface area contributed by atoms with Gasteiger partial charge in [0.05, 0.1) is 0 Å². The van der Waals surface area contributed by atoms with Crippen molar-refractivity contribution >= 4 is 27.5 Å². The van der Waals surface area contributed by atoms with Crippen LogP contribution in [0.3, 0.4) is 0 Å². The Balaban J connectivity index is 1.48. The van der Waals surface area contributed by atoms with Gasteiger partial charge in [0.2, 0.25) is 0 Å². The largest absolute Gasteiger partial charge is 0.490 e. The molecule has 2 aromatic carbocycles. The van der Waals surface area contributed by atoms with Gasteiger partial charge in [-0.15, -0.1) is 0 Å². The van der Waals surface area contributed by atoms with Crippen LogP contribution >= 0.6 is 15.9 Å². The van der Waals surface area contributed by atoms with E-state index < -0.39 is 0 Å². The first-order valence-corrected chi connectivity index (χ1v) is 10.3. The molecule has 0 unspecified atom stereocenters. The molecule has 1 heterocycles. The molecule has 0 aliphatic carbocycles. The number of carbonyl (C=O) groups is 1. The topological polar surface area (TPSA) is 50.8 Å². The predicted octanol–water partition coefficient (Wildman–Crippen LogP) is 4.56. The lowest BCUT2D eigenvalue weighted by Crippen LogP contribution is -2.35. The standard InChI is InChI=1S/C22H27BrN2O3/c1-15-12-20(13-16(2)22(15)23)27-14-21(26)24-17-4-6-18(7-5-17)28-19-8-10-25(3)11-9-19/h4-7,12-13,19H,8-11,14H2,1-3H3,(H,24,26). The lowest BCUT2D eigenvalue weighted by atomic mass is 10.1. The lowest BCUT2D eigenvalue weighted by Gasteiger charge is -2.29. The van der Waals surface area contributed by atoms with Crippen molar-refractivity contribution in [3.05, 3.63) is 52.0 Å². The number of nitrogens with zero attached hydrogens (tertiary/aromatic N) is 1. The van der Waals surface area contributed by atoms with E-state index in [2.05, 4.69) is 33.2 Å². The van der Waals surface area contributed by atoms with Crippen LogP contribution in [0, 0.1) is 13.8 Å². The summed E-state index contributed by atoms with van der Waals surface area (Å²) in [5.74, 6) is 1.34. The number of halogens is 1. The Morgan fingerprint density at radius 1 is 1.11 bits per heavy atom. The van der Waals surface area contributed by atoms with E-state index in [9.17, 15) is 4.79 Å². The molecule has 0 saturated carbocycles. The molecular formula is C22H27BrN2O3. The lowest BCUT2D eigenvalue weighted by molar-refractivity contribution is -0.118. The number of piperidine rings is 1. The number of ether oxygens (including phenoxy) is 2. The minimum atomic E-state index is -0.192. The number of hydrogen-bond donors (Lipinski definition) is 1. The van der Waals surface area contributed by atoms with E-state index >= 15 is 0 Å². The summed E-state index contributed by atoms with van der Waals surface area (Å²) < 4.78 is 12.7. The maximum absolute atomic E-state index is 12.2. The second-order valence-electron chi connectivity index (χ2n) is 7.35. The third-order valence-electron chi connectivity index (χ3n) is 4.89. The molecule has 2 aromatic rings. The Bertz CT molecular complexity index is 792. The van der Waals surface area contributed by atoms with Crippen LogP contribution in [0.4, 0.5) is 5.69 Å². The van der Waals surface area contributed by atoms with Crippen LogP contribution in [0.2, 0.25) is 0 Å². The molecule has 1 saturated heterocycles. The average Bonchev–Trinajstić information content (AvgIpc) is 2.67. The number of amides is 1. The van der Waals surface area contributed by atoms with Crippen LogP contribution in [0.25, 0.3) is 0 Å². The summed E-state index contributed by atoms with van der Waals surface area (Å²) in [4.78, 5) is 14.5. The molecule has 0 atom stereocenters. The minimum Gasteiger partial charge on any atom is -0.490 e. The number of benzene rings is 2. The van der Waals surface area contributed by atoms with Crippen LogP contribution in [0.5, 0.6) is 11.5 Å². The van der Waals surface area contributed by atoms with E-state index in [1.807, 2.05) is 50.2 Å². The summed E-state index contributed by atoms with van der Waals surface area (Å²) in [5, 5.41) is 2.85. The quantitative estimate of drug-likeness (QED) is 0.706. The molecule has 3 rings (SSSR count). The van der Waals surface area contributed by atoms with Crippen molar-refractivity contribution in [1.29, 1.82) is 0 Å². The van der Waals surface area contributed by atoms with E-state index in [1.54, 1.807) is 0 Å². The van der Waals surface area contributed by atoms with Gasteiger partial charge in [-0.05, 0) is 81.3 Å². The highest BCUT2D eigenvalue weighted by Crippen LogP contribution is 2.26. The van der Waals surface area contributed by atoms with Crippen molar-refractivity contribution in [2.24, 2.45) is 0 Å². The summed E-state index contributed by atoms with van der Waals surface area (Å²) in [6.07, 6.45) is 2.35. The smallest absolute Gasteiger partial charge is 0.262 e. The predicted molar refractivity (Wildman–Crippen MR) is 115 cm³/mol. The van der Waals surface area contributed by atoms with Crippen LogP contribution in [0.1, 0.15) is 24.0 Å². The van der Waals surface area contributed by atoms with Crippen molar-refractivity contribution < 1.29 is 14.3 Å². The van der Waals surface area contributed by atoms with Gasteiger partial charge in [-0.2, -0.15) is 0 Å². The van der Waals surface area contributed by atoms with Gasteiger partial charge >= 0.3 is 0 Å². The SMILES string of the molecule is Cc1cc(OCC(=O)Nc2ccc(OC3CCN(C)CC3)cc2)cc(C)c1Br. The number of aryl methyl sites for hydroxylation is 2. The number of hydrogen-bond acceptors (Lipinski definition) is 4. The summed E-state index contributed by atoms with van der Waals surface area (Å²) in [7, 11) is 2.14. The van der Waals surface area contributed by atoms with E-state index in [0.717, 1.165) is 53.0 Å². The van der Waals surface area contributed by atoms with Crippen LogP contribution in [-0.4, -0.2) is 43.7 Å². The van der Waals surface area contributed by atoms with Gasteiger partial charge in [0, 0.05) is 23.2 Å². The zero-order chi connectivity index (χ0) is 20.1. The van der Waals surface area contributed by atoms with Crippen LogP contribution in [0.15, 0.2) is 40.9 Å². The Kier molecular flexibility index (Phi) is 6.97. The first-order valence-electron chi connectivity index (χ1n) is 9.55. The van der Waals surface area contributed by atoms with Gasteiger partial charge in [-0.3, -0.25) is 4.79 Å². The summed E-state index contributed by atoms with van der Waals surface area (Å²) >= 11 is 3.53. The van der Waals surface area contributed by atoms with Crippen LogP contribution in [-0.2, 0) is 4.79 Å². The fourth-order valence-corrected chi connectivity index (χ4v) is 3.48. The van der Waals surface area contributed by atoms with Crippen LogP contribution < -0.4 is 14.8 Å². The normalized spacial score (nSPS) is 15.3. The van der Waals surface area contributed by atoms with Gasteiger partial charge in [0.15, 0.2) is 6.61 Å². The molecule has 150 valence electrons. The first kappa shape index (κ1) is 20.7. The van der Waals surface area contributed by atoms with Crippen molar-refractivity contribution in [2.75, 3.05) is 32.1 Å². The number of rotatable bonds is 6. The molecule has 0 spiro atoms. The highest BCUT2D eigenvalue weighted by atomic mass is 79.9. The third kappa shape index (κ3) is 5.72. The Labute approximate surface area is 175 Å². The summed E-state index contributed by atoms with van der Waals surface area (Å²) in [6.45, 7) is 6.10. The molecule has 0 aromatic heterocycles. The minimum absolute atomic E-state index is 0.0334. The number of carbonyl (C=O) groups excluding carboxylic acids is 1. The zero-order valence-electron chi connectivity index (χ0n) is 16.6. The van der Waals surface area contributed by atoms with Crippen molar-refractivity contribution in [3.63, 3.8) is 0 Å². The molecule has 5 nitrogen and oxygen atoms in total. The summed E-state index contributed by atoms with van der Waals surface area (Å²) in [5.41, 5.74) is 2.89. The number of anilines is 1. The van der Waals surface area contributed by atoms with E-state index in [1.165, 1.54) is 0 Å².